The first kappa shape index (κ1) is 11.9. The Labute approximate surface area is 105 Å². The minimum absolute atomic E-state index is 0.200. The summed E-state index contributed by atoms with van der Waals surface area (Å²) >= 11 is 5.00. The van der Waals surface area contributed by atoms with E-state index in [9.17, 15) is 4.79 Å². The molecule has 6 heteroatoms. The Bertz CT molecular complexity index is 442. The molecule has 0 saturated heterocycles. The van der Waals surface area contributed by atoms with E-state index in [-0.39, 0.29) is 16.8 Å². The predicted molar refractivity (Wildman–Crippen MR) is 68.3 cm³/mol. The summed E-state index contributed by atoms with van der Waals surface area (Å²) in [4.78, 5) is 20.3. The number of thiocarbonyl (C=S) groups is 1. The molecular formula is C11H14N4OS. The summed E-state index contributed by atoms with van der Waals surface area (Å²) in [6, 6.07) is 1.68. The Morgan fingerprint density at radius 3 is 2.59 bits per heavy atom. The third-order valence-electron chi connectivity index (χ3n) is 3.09. The minimum atomic E-state index is -0.714. The van der Waals surface area contributed by atoms with Crippen molar-refractivity contribution in [3.8, 4) is 0 Å². The largest absolute Gasteiger partial charge is 0.392 e. The zero-order valence-electron chi connectivity index (χ0n) is 9.51. The minimum Gasteiger partial charge on any atom is -0.392 e. The van der Waals surface area contributed by atoms with Crippen molar-refractivity contribution >= 4 is 29.1 Å². The molecule has 0 aromatic carbocycles. The van der Waals surface area contributed by atoms with Gasteiger partial charge in [-0.25, -0.2) is 9.97 Å². The maximum absolute atomic E-state index is 12.1. The van der Waals surface area contributed by atoms with Crippen LogP contribution in [-0.4, -0.2) is 20.9 Å². The van der Waals surface area contributed by atoms with Crippen LogP contribution in [0.4, 0.5) is 5.95 Å². The van der Waals surface area contributed by atoms with Crippen molar-refractivity contribution in [2.45, 2.75) is 19.8 Å². The van der Waals surface area contributed by atoms with Crippen LogP contribution >= 0.6 is 12.2 Å². The van der Waals surface area contributed by atoms with Crippen molar-refractivity contribution in [3.05, 3.63) is 18.5 Å². The van der Waals surface area contributed by atoms with E-state index in [2.05, 4.69) is 22.2 Å². The van der Waals surface area contributed by atoms with Gasteiger partial charge < -0.3 is 5.73 Å². The Morgan fingerprint density at radius 2 is 2.12 bits per heavy atom. The second kappa shape index (κ2) is 4.37. The Morgan fingerprint density at radius 1 is 1.53 bits per heavy atom. The first-order chi connectivity index (χ1) is 8.04. The summed E-state index contributed by atoms with van der Waals surface area (Å²) in [7, 11) is 0. The summed E-state index contributed by atoms with van der Waals surface area (Å²) < 4.78 is 0. The molecule has 1 amide bonds. The van der Waals surface area contributed by atoms with Crippen molar-refractivity contribution in [3.63, 3.8) is 0 Å². The molecule has 1 fully saturated rings. The normalized spacial score (nSPS) is 27.0. The number of amides is 1. The lowest BCUT2D eigenvalue weighted by atomic mass is 9.62. The van der Waals surface area contributed by atoms with Gasteiger partial charge in [-0.15, -0.1) is 0 Å². The number of hydrogen-bond acceptors (Lipinski definition) is 4. The molecule has 1 aliphatic carbocycles. The van der Waals surface area contributed by atoms with E-state index >= 15 is 0 Å². The van der Waals surface area contributed by atoms with Crippen LogP contribution in [0, 0.1) is 11.3 Å². The van der Waals surface area contributed by atoms with Gasteiger partial charge in [0, 0.05) is 12.4 Å². The van der Waals surface area contributed by atoms with Gasteiger partial charge in [-0.1, -0.05) is 19.1 Å². The molecule has 3 N–H and O–H groups in total. The number of hydrogen-bond donors (Lipinski definition) is 2. The topological polar surface area (TPSA) is 80.9 Å². The molecule has 1 aliphatic rings. The fraction of sp³-hybridized carbons (Fsp3) is 0.455. The zero-order chi connectivity index (χ0) is 12.5. The van der Waals surface area contributed by atoms with E-state index in [1.807, 2.05) is 0 Å². The van der Waals surface area contributed by atoms with Gasteiger partial charge in [-0.05, 0) is 24.8 Å². The average Bonchev–Trinajstić information content (AvgIpc) is 2.25. The van der Waals surface area contributed by atoms with E-state index in [1.165, 1.54) is 0 Å². The number of nitrogens with two attached hydrogens (primary N) is 1. The van der Waals surface area contributed by atoms with E-state index in [4.69, 9.17) is 18.0 Å². The fourth-order valence-corrected chi connectivity index (χ4v) is 2.47. The van der Waals surface area contributed by atoms with Gasteiger partial charge in [-0.2, -0.15) is 0 Å². The van der Waals surface area contributed by atoms with Gasteiger partial charge in [0.1, 0.15) is 0 Å². The number of aromatic nitrogens is 2. The number of anilines is 1. The molecule has 0 bridgehead atoms. The van der Waals surface area contributed by atoms with Crippen LogP contribution in [0.5, 0.6) is 0 Å². The molecule has 1 aromatic heterocycles. The SMILES string of the molecule is CC1CC(C(=O)Nc2ncccn2)(C(N)=S)C1. The molecule has 90 valence electrons. The van der Waals surface area contributed by atoms with Crippen LogP contribution in [-0.2, 0) is 4.79 Å². The molecule has 17 heavy (non-hydrogen) atoms. The van der Waals surface area contributed by atoms with E-state index in [0.717, 1.165) is 0 Å². The molecule has 0 radical (unpaired) electrons. The second-order valence-electron chi connectivity index (χ2n) is 4.49. The van der Waals surface area contributed by atoms with Crippen LogP contribution in [0.1, 0.15) is 19.8 Å². The molecule has 0 aliphatic heterocycles. The van der Waals surface area contributed by atoms with Gasteiger partial charge >= 0.3 is 0 Å². The highest BCUT2D eigenvalue weighted by molar-refractivity contribution is 7.80. The summed E-state index contributed by atoms with van der Waals surface area (Å²) in [5, 5.41) is 2.66. The lowest BCUT2D eigenvalue weighted by Gasteiger charge is -2.43. The summed E-state index contributed by atoms with van der Waals surface area (Å²) in [6.45, 7) is 2.07. The predicted octanol–water partition coefficient (Wildman–Crippen LogP) is 1.12. The van der Waals surface area contributed by atoms with Crippen molar-refractivity contribution in [2.75, 3.05) is 5.32 Å². The number of nitrogens with zero attached hydrogens (tertiary/aromatic N) is 2. The van der Waals surface area contributed by atoms with Crippen molar-refractivity contribution in [1.82, 2.24) is 9.97 Å². The Hall–Kier alpha value is -1.56. The second-order valence-corrected chi connectivity index (χ2v) is 4.93. The van der Waals surface area contributed by atoms with Crippen LogP contribution < -0.4 is 11.1 Å². The molecule has 1 heterocycles. The fourth-order valence-electron chi connectivity index (χ4n) is 2.21. The maximum Gasteiger partial charge on any atom is 0.239 e. The molecular weight excluding hydrogens is 236 g/mol. The number of nitrogens with one attached hydrogen (secondary N) is 1. The zero-order valence-corrected chi connectivity index (χ0v) is 10.3. The number of rotatable bonds is 3. The van der Waals surface area contributed by atoms with E-state index in [0.29, 0.717) is 18.8 Å². The monoisotopic (exact) mass is 250 g/mol. The molecule has 5 nitrogen and oxygen atoms in total. The smallest absolute Gasteiger partial charge is 0.239 e. The molecule has 0 atom stereocenters. The molecule has 0 spiro atoms. The Balaban J connectivity index is 2.12. The maximum atomic E-state index is 12.1. The van der Waals surface area contributed by atoms with E-state index < -0.39 is 5.41 Å². The standard InChI is InChI=1S/C11H14N4OS/c1-7-5-11(6-7,8(12)17)9(16)15-10-13-3-2-4-14-10/h2-4,7H,5-6H2,1H3,(H2,12,17)(H,13,14,15,16). The molecule has 2 rings (SSSR count). The summed E-state index contributed by atoms with van der Waals surface area (Å²) in [5.74, 6) is 0.556. The lowest BCUT2D eigenvalue weighted by Crippen LogP contribution is -2.54. The van der Waals surface area contributed by atoms with Crippen molar-refractivity contribution in [1.29, 1.82) is 0 Å². The van der Waals surface area contributed by atoms with Crippen LogP contribution in [0.2, 0.25) is 0 Å². The number of carbonyl (C=O) groups excluding carboxylic acids is 1. The summed E-state index contributed by atoms with van der Waals surface area (Å²) in [5.41, 5.74) is 4.96. The first-order valence-electron chi connectivity index (χ1n) is 5.43. The highest BCUT2D eigenvalue weighted by Crippen LogP contribution is 2.46. The quantitative estimate of drug-likeness (QED) is 0.786. The van der Waals surface area contributed by atoms with E-state index in [1.54, 1.807) is 18.5 Å². The lowest BCUT2D eigenvalue weighted by molar-refractivity contribution is -0.127. The van der Waals surface area contributed by atoms with Crippen LogP contribution in [0.25, 0.3) is 0 Å². The highest BCUT2D eigenvalue weighted by Gasteiger charge is 2.51. The van der Waals surface area contributed by atoms with Gasteiger partial charge in [-0.3, -0.25) is 10.1 Å². The van der Waals surface area contributed by atoms with Gasteiger partial charge in [0.25, 0.3) is 0 Å². The van der Waals surface area contributed by atoms with Crippen molar-refractivity contribution in [2.24, 2.45) is 17.1 Å². The van der Waals surface area contributed by atoms with Crippen molar-refractivity contribution < 1.29 is 4.79 Å². The third-order valence-corrected chi connectivity index (χ3v) is 3.48. The summed E-state index contributed by atoms with van der Waals surface area (Å²) in [6.07, 6.45) is 4.53. The average molecular weight is 250 g/mol. The molecule has 1 aromatic rings. The van der Waals surface area contributed by atoms with Gasteiger partial charge in [0.2, 0.25) is 11.9 Å². The molecule has 0 unspecified atom stereocenters. The highest BCUT2D eigenvalue weighted by atomic mass is 32.1. The molecule has 1 saturated carbocycles. The van der Waals surface area contributed by atoms with Crippen LogP contribution in [0.3, 0.4) is 0 Å². The Kier molecular flexibility index (Phi) is 3.06. The number of carbonyl (C=O) groups is 1. The first-order valence-corrected chi connectivity index (χ1v) is 5.84. The van der Waals surface area contributed by atoms with Gasteiger partial charge in [0.15, 0.2) is 0 Å². The third kappa shape index (κ3) is 2.12. The van der Waals surface area contributed by atoms with Crippen LogP contribution in [0.15, 0.2) is 18.5 Å². The van der Waals surface area contributed by atoms with Gasteiger partial charge in [0.05, 0.1) is 10.4 Å².